The largest absolute Gasteiger partial charge is 0.341 e. The molecule has 0 N–H and O–H groups in total. The smallest absolute Gasteiger partial charge is 0.228 e. The van der Waals surface area contributed by atoms with Crippen LogP contribution < -0.4 is 0 Å². The molecular weight excluding hydrogens is 280 g/mol. The molecule has 2 aliphatic heterocycles. The highest BCUT2D eigenvalue weighted by atomic mass is 32.2. The van der Waals surface area contributed by atoms with Gasteiger partial charge in [-0.05, 0) is 6.42 Å². The summed E-state index contributed by atoms with van der Waals surface area (Å²) in [5, 5.41) is 0. The van der Waals surface area contributed by atoms with Gasteiger partial charge in [0.15, 0.2) is 9.84 Å². The van der Waals surface area contributed by atoms with E-state index < -0.39 is 9.84 Å². The quantitative estimate of drug-likeness (QED) is 0.666. The van der Waals surface area contributed by atoms with Gasteiger partial charge in [-0.3, -0.25) is 9.59 Å². The molecule has 2 rings (SSSR count). The maximum Gasteiger partial charge on any atom is 0.228 e. The predicted octanol–water partition coefficient (Wildman–Crippen LogP) is -0.334. The van der Waals surface area contributed by atoms with Crippen LogP contribution >= 0.6 is 0 Å². The first-order chi connectivity index (χ1) is 9.34. The molecule has 2 amide bonds. The maximum absolute atomic E-state index is 12.4. The summed E-state index contributed by atoms with van der Waals surface area (Å²) < 4.78 is 22.9. The van der Waals surface area contributed by atoms with E-state index in [1.54, 1.807) is 18.0 Å². The molecule has 0 radical (unpaired) electrons. The minimum absolute atomic E-state index is 0.0340. The van der Waals surface area contributed by atoms with Crippen LogP contribution in [0.1, 0.15) is 12.8 Å². The molecule has 2 atom stereocenters. The molecule has 7 heteroatoms. The van der Waals surface area contributed by atoms with Crippen LogP contribution in [0.15, 0.2) is 12.7 Å². The molecule has 2 unspecified atom stereocenters. The van der Waals surface area contributed by atoms with Crippen molar-refractivity contribution in [1.29, 1.82) is 0 Å². The summed E-state index contributed by atoms with van der Waals surface area (Å²) in [4.78, 5) is 27.2. The van der Waals surface area contributed by atoms with E-state index in [1.165, 1.54) is 4.90 Å². The third kappa shape index (κ3) is 3.03. The highest BCUT2D eigenvalue weighted by molar-refractivity contribution is 7.91. The number of carbonyl (C=O) groups is 2. The average molecular weight is 300 g/mol. The lowest BCUT2D eigenvalue weighted by Gasteiger charge is -2.26. The van der Waals surface area contributed by atoms with Crippen molar-refractivity contribution < 1.29 is 18.0 Å². The first-order valence-corrected chi connectivity index (χ1v) is 8.52. The van der Waals surface area contributed by atoms with Gasteiger partial charge >= 0.3 is 0 Å². The van der Waals surface area contributed by atoms with Crippen LogP contribution in [0.3, 0.4) is 0 Å². The fourth-order valence-electron chi connectivity index (χ4n) is 2.82. The highest BCUT2D eigenvalue weighted by Gasteiger charge is 2.39. The van der Waals surface area contributed by atoms with Gasteiger partial charge in [0.2, 0.25) is 11.8 Å². The van der Waals surface area contributed by atoms with Gasteiger partial charge in [-0.25, -0.2) is 8.42 Å². The van der Waals surface area contributed by atoms with Crippen molar-refractivity contribution >= 4 is 21.7 Å². The van der Waals surface area contributed by atoms with Crippen LogP contribution in [0.4, 0.5) is 0 Å². The summed E-state index contributed by atoms with van der Waals surface area (Å²) >= 11 is 0. The molecule has 0 spiro atoms. The molecule has 0 aromatic carbocycles. The Morgan fingerprint density at radius 1 is 1.55 bits per heavy atom. The van der Waals surface area contributed by atoms with Crippen molar-refractivity contribution in [2.75, 3.05) is 31.6 Å². The molecule has 112 valence electrons. The fourth-order valence-corrected chi connectivity index (χ4v) is 4.59. The third-order valence-electron chi connectivity index (χ3n) is 4.02. The number of sulfone groups is 1. The lowest BCUT2D eigenvalue weighted by Crippen LogP contribution is -2.42. The molecule has 0 saturated carbocycles. The van der Waals surface area contributed by atoms with E-state index in [0.29, 0.717) is 19.5 Å². The summed E-state index contributed by atoms with van der Waals surface area (Å²) in [6.45, 7) is 4.43. The zero-order valence-electron chi connectivity index (χ0n) is 11.6. The molecule has 20 heavy (non-hydrogen) atoms. The number of hydrogen-bond acceptors (Lipinski definition) is 4. The van der Waals surface area contributed by atoms with Crippen molar-refractivity contribution in [2.45, 2.75) is 18.9 Å². The summed E-state index contributed by atoms with van der Waals surface area (Å²) in [6, 6.07) is -0.254. The average Bonchev–Trinajstić information content (AvgIpc) is 2.92. The van der Waals surface area contributed by atoms with Gasteiger partial charge in [0.05, 0.1) is 17.4 Å². The second-order valence-electron chi connectivity index (χ2n) is 5.49. The molecule has 0 bridgehead atoms. The maximum atomic E-state index is 12.4. The normalized spacial score (nSPS) is 28.6. The van der Waals surface area contributed by atoms with Gasteiger partial charge in [-0.15, -0.1) is 6.58 Å². The topological polar surface area (TPSA) is 74.8 Å². The van der Waals surface area contributed by atoms with Crippen molar-refractivity contribution in [3.8, 4) is 0 Å². The summed E-state index contributed by atoms with van der Waals surface area (Å²) in [6.07, 6.45) is 2.33. The molecular formula is C13H20N2O4S. The molecule has 2 heterocycles. The number of hydrogen-bond donors (Lipinski definition) is 0. The van der Waals surface area contributed by atoms with Crippen LogP contribution in [-0.2, 0) is 19.4 Å². The molecule has 2 saturated heterocycles. The Bertz CT molecular complexity index is 528. The summed E-state index contributed by atoms with van der Waals surface area (Å²) in [7, 11) is -1.38. The van der Waals surface area contributed by atoms with Crippen molar-refractivity contribution in [1.82, 2.24) is 9.80 Å². The Labute approximate surface area is 119 Å². The molecule has 0 aromatic heterocycles. The van der Waals surface area contributed by atoms with Crippen molar-refractivity contribution in [2.24, 2.45) is 5.92 Å². The van der Waals surface area contributed by atoms with Gasteiger partial charge in [0.1, 0.15) is 0 Å². The Morgan fingerprint density at radius 3 is 2.80 bits per heavy atom. The van der Waals surface area contributed by atoms with E-state index in [-0.39, 0.29) is 41.7 Å². The van der Waals surface area contributed by atoms with Crippen LogP contribution in [0, 0.1) is 5.92 Å². The van der Waals surface area contributed by atoms with Crippen LogP contribution in [0.25, 0.3) is 0 Å². The highest BCUT2D eigenvalue weighted by Crippen LogP contribution is 2.23. The van der Waals surface area contributed by atoms with Crippen molar-refractivity contribution in [3.05, 3.63) is 12.7 Å². The zero-order chi connectivity index (χ0) is 14.9. The number of likely N-dealkylation sites (tertiary alicyclic amines) is 1. The molecule has 2 aliphatic rings. The lowest BCUT2D eigenvalue weighted by molar-refractivity contribution is -0.136. The molecule has 0 aliphatic carbocycles. The van der Waals surface area contributed by atoms with Crippen LogP contribution in [-0.4, -0.2) is 67.7 Å². The van der Waals surface area contributed by atoms with Gasteiger partial charge in [-0.1, -0.05) is 6.08 Å². The second-order valence-corrected chi connectivity index (χ2v) is 7.72. The Morgan fingerprint density at radius 2 is 2.25 bits per heavy atom. The molecule has 2 fully saturated rings. The molecule has 0 aromatic rings. The van der Waals surface area contributed by atoms with E-state index in [0.717, 1.165) is 0 Å². The number of nitrogens with zero attached hydrogens (tertiary/aromatic N) is 2. The third-order valence-corrected chi connectivity index (χ3v) is 5.77. The van der Waals surface area contributed by atoms with E-state index in [9.17, 15) is 18.0 Å². The van der Waals surface area contributed by atoms with E-state index in [4.69, 9.17) is 0 Å². The second kappa shape index (κ2) is 5.55. The number of carbonyl (C=O) groups excluding carboxylic acids is 2. The van der Waals surface area contributed by atoms with E-state index >= 15 is 0 Å². The fraction of sp³-hybridized carbons (Fsp3) is 0.692. The first kappa shape index (κ1) is 15.0. The summed E-state index contributed by atoms with van der Waals surface area (Å²) in [5.41, 5.74) is 0. The lowest BCUT2D eigenvalue weighted by atomic mass is 10.1. The Kier molecular flexibility index (Phi) is 4.17. The molecule has 6 nitrogen and oxygen atoms in total. The van der Waals surface area contributed by atoms with E-state index in [2.05, 4.69) is 6.58 Å². The predicted molar refractivity (Wildman–Crippen MR) is 74.7 cm³/mol. The van der Waals surface area contributed by atoms with Gasteiger partial charge < -0.3 is 9.80 Å². The Balaban J connectivity index is 1.98. The number of rotatable bonds is 4. The number of amides is 2. The van der Waals surface area contributed by atoms with Gasteiger partial charge in [0.25, 0.3) is 0 Å². The Hall–Kier alpha value is -1.37. The summed E-state index contributed by atoms with van der Waals surface area (Å²) in [5.74, 6) is -0.369. The van der Waals surface area contributed by atoms with Gasteiger partial charge in [0, 0.05) is 32.6 Å². The zero-order valence-corrected chi connectivity index (χ0v) is 12.4. The standard InChI is InChI=1S/C13H20N2O4S/c1-3-5-15-8-10(7-12(15)16)13(17)14(2)11-4-6-20(18,19)9-11/h3,10-11H,1,4-9H2,2H3. The first-order valence-electron chi connectivity index (χ1n) is 6.70. The van der Waals surface area contributed by atoms with Crippen LogP contribution in [0.5, 0.6) is 0 Å². The minimum atomic E-state index is -3.01. The van der Waals surface area contributed by atoms with Gasteiger partial charge in [-0.2, -0.15) is 0 Å². The van der Waals surface area contributed by atoms with Crippen LogP contribution in [0.2, 0.25) is 0 Å². The minimum Gasteiger partial charge on any atom is -0.341 e. The monoisotopic (exact) mass is 300 g/mol. The van der Waals surface area contributed by atoms with E-state index in [1.807, 2.05) is 0 Å². The SMILES string of the molecule is C=CCN1CC(C(=O)N(C)C2CCS(=O)(=O)C2)CC1=O. The van der Waals surface area contributed by atoms with Crippen molar-refractivity contribution in [3.63, 3.8) is 0 Å².